The number of anilines is 1. The molecule has 5 rings (SSSR count). The Morgan fingerprint density at radius 1 is 1.19 bits per heavy atom. The summed E-state index contributed by atoms with van der Waals surface area (Å²) >= 11 is 3.49. The molecule has 6 nitrogen and oxygen atoms in total. The van der Waals surface area contributed by atoms with Crippen molar-refractivity contribution in [1.29, 1.82) is 0 Å². The summed E-state index contributed by atoms with van der Waals surface area (Å²) in [5.74, 6) is 0.809. The average molecular weight is 417 g/mol. The zero-order chi connectivity index (χ0) is 17.8. The van der Waals surface area contributed by atoms with Gasteiger partial charge < -0.3 is 19.5 Å². The van der Waals surface area contributed by atoms with Gasteiger partial charge >= 0.3 is 0 Å². The van der Waals surface area contributed by atoms with Gasteiger partial charge in [-0.1, -0.05) is 15.9 Å². The summed E-state index contributed by atoms with van der Waals surface area (Å²) in [4.78, 5) is 8.65. The van der Waals surface area contributed by atoms with Gasteiger partial charge in [0.1, 0.15) is 22.6 Å². The zero-order valence-electron chi connectivity index (χ0n) is 13.6. The largest absolute Gasteiger partial charge is 0.491 e. The Balaban J connectivity index is 1.82. The first-order chi connectivity index (χ1) is 12.6. The second kappa shape index (κ2) is 5.70. The number of aryl methyl sites for hydroxylation is 1. The Labute approximate surface area is 155 Å². The number of benzene rings is 2. The molecule has 26 heavy (non-hydrogen) atoms. The fourth-order valence-electron chi connectivity index (χ4n) is 3.44. The molecule has 3 heterocycles. The lowest BCUT2D eigenvalue weighted by atomic mass is 10.1. The Bertz CT molecular complexity index is 1170. The molecule has 2 aromatic carbocycles. The van der Waals surface area contributed by atoms with Crippen molar-refractivity contribution in [1.82, 2.24) is 14.5 Å². The van der Waals surface area contributed by atoms with Crippen molar-refractivity contribution < 1.29 is 13.5 Å². The molecule has 132 valence electrons. The van der Waals surface area contributed by atoms with Crippen LogP contribution in [0.5, 0.6) is 5.75 Å². The molecule has 8 heteroatoms. The first-order valence-corrected chi connectivity index (χ1v) is 9.08. The number of nitrogen functional groups attached to an aromatic ring is 1. The first kappa shape index (κ1) is 15.6. The zero-order valence-corrected chi connectivity index (χ0v) is 15.2. The minimum atomic E-state index is -0.488. The van der Waals surface area contributed by atoms with E-state index in [1.807, 2.05) is 16.7 Å². The number of oxazole rings is 1. The van der Waals surface area contributed by atoms with E-state index in [2.05, 4.69) is 20.9 Å². The number of nitrogens with zero attached hydrogens (tertiary/aromatic N) is 3. The van der Waals surface area contributed by atoms with Gasteiger partial charge in [0.05, 0.1) is 17.7 Å². The highest BCUT2D eigenvalue weighted by Crippen LogP contribution is 2.37. The number of hydrogen-bond donors (Lipinski definition) is 1. The van der Waals surface area contributed by atoms with Gasteiger partial charge in [0.25, 0.3) is 6.01 Å². The highest BCUT2D eigenvalue weighted by atomic mass is 79.9. The molecular formula is C18H14BrFN4O2. The number of aromatic nitrogens is 3. The molecule has 2 N–H and O–H groups in total. The third-order valence-corrected chi connectivity index (χ3v) is 5.02. The fraction of sp³-hybridized carbons (Fsp3) is 0.222. The first-order valence-electron chi connectivity index (χ1n) is 8.29. The Morgan fingerprint density at radius 2 is 2.08 bits per heavy atom. The lowest BCUT2D eigenvalue weighted by Crippen LogP contribution is -2.09. The topological polar surface area (TPSA) is 79.1 Å². The van der Waals surface area contributed by atoms with E-state index in [9.17, 15) is 0 Å². The highest BCUT2D eigenvalue weighted by Gasteiger charge is 2.23. The van der Waals surface area contributed by atoms with Gasteiger partial charge in [-0.2, -0.15) is 4.98 Å². The third kappa shape index (κ3) is 2.28. The van der Waals surface area contributed by atoms with E-state index in [1.54, 1.807) is 12.1 Å². The van der Waals surface area contributed by atoms with Crippen molar-refractivity contribution in [3.05, 3.63) is 34.6 Å². The Morgan fingerprint density at radius 3 is 2.96 bits per heavy atom. The van der Waals surface area contributed by atoms with Crippen LogP contribution in [-0.2, 0) is 6.54 Å². The predicted octanol–water partition coefficient (Wildman–Crippen LogP) is 4.50. The molecule has 0 fully saturated rings. The molecular weight excluding hydrogens is 403 g/mol. The average Bonchev–Trinajstić information content (AvgIpc) is 3.12. The van der Waals surface area contributed by atoms with Gasteiger partial charge in [-0.25, -0.2) is 9.37 Å². The summed E-state index contributed by atoms with van der Waals surface area (Å²) < 4.78 is 29.1. The summed E-state index contributed by atoms with van der Waals surface area (Å²) in [6, 6.07) is 7.10. The van der Waals surface area contributed by atoms with Crippen LogP contribution in [-0.4, -0.2) is 21.1 Å². The molecule has 0 atom stereocenters. The number of imidazole rings is 1. The van der Waals surface area contributed by atoms with Gasteiger partial charge in [0.15, 0.2) is 11.4 Å². The Hall–Kier alpha value is -2.61. The van der Waals surface area contributed by atoms with E-state index in [0.29, 0.717) is 23.6 Å². The SMILES string of the molecule is Nc1nc2c(F)c(-c3nc4cc(Br)cc5c4n3CCCCO5)ccc2o1. The van der Waals surface area contributed by atoms with Crippen LogP contribution >= 0.6 is 15.9 Å². The fourth-order valence-corrected chi connectivity index (χ4v) is 3.86. The molecule has 0 saturated heterocycles. The van der Waals surface area contributed by atoms with E-state index in [4.69, 9.17) is 19.9 Å². The van der Waals surface area contributed by atoms with Crippen LogP contribution in [0.3, 0.4) is 0 Å². The minimum Gasteiger partial charge on any atom is -0.491 e. The van der Waals surface area contributed by atoms with E-state index < -0.39 is 5.82 Å². The van der Waals surface area contributed by atoms with Crippen molar-refractivity contribution in [2.24, 2.45) is 0 Å². The summed E-state index contributed by atoms with van der Waals surface area (Å²) in [5.41, 5.74) is 7.99. The molecule has 0 unspecified atom stereocenters. The molecule has 0 radical (unpaired) electrons. The van der Waals surface area contributed by atoms with E-state index >= 15 is 4.39 Å². The number of halogens is 2. The van der Waals surface area contributed by atoms with E-state index in [1.165, 1.54) is 0 Å². The van der Waals surface area contributed by atoms with Crippen molar-refractivity contribution in [2.75, 3.05) is 12.3 Å². The maximum atomic E-state index is 15.1. The van der Waals surface area contributed by atoms with Crippen LogP contribution in [0.2, 0.25) is 0 Å². The van der Waals surface area contributed by atoms with Gasteiger partial charge in [-0.3, -0.25) is 0 Å². The molecule has 0 spiro atoms. The second-order valence-electron chi connectivity index (χ2n) is 6.24. The van der Waals surface area contributed by atoms with Crippen LogP contribution in [0.1, 0.15) is 12.8 Å². The molecule has 0 bridgehead atoms. The lowest BCUT2D eigenvalue weighted by molar-refractivity contribution is 0.299. The maximum Gasteiger partial charge on any atom is 0.293 e. The van der Waals surface area contributed by atoms with Crippen molar-refractivity contribution in [3.63, 3.8) is 0 Å². The number of nitrogens with two attached hydrogens (primary N) is 1. The molecule has 2 aromatic heterocycles. The number of fused-ring (bicyclic) bond motifs is 1. The van der Waals surface area contributed by atoms with Crippen LogP contribution in [0.4, 0.5) is 10.4 Å². The number of hydrogen-bond acceptors (Lipinski definition) is 5. The van der Waals surface area contributed by atoms with Crippen molar-refractivity contribution in [3.8, 4) is 17.1 Å². The molecule has 1 aliphatic rings. The second-order valence-corrected chi connectivity index (χ2v) is 7.16. The van der Waals surface area contributed by atoms with Crippen LogP contribution in [0.25, 0.3) is 33.5 Å². The quantitative estimate of drug-likeness (QED) is 0.494. The van der Waals surface area contributed by atoms with Gasteiger partial charge in [-0.05, 0) is 37.1 Å². The maximum absolute atomic E-state index is 15.1. The normalized spacial score (nSPS) is 14.4. The van der Waals surface area contributed by atoms with Crippen LogP contribution in [0, 0.1) is 5.82 Å². The molecule has 1 aliphatic heterocycles. The van der Waals surface area contributed by atoms with Gasteiger partial charge in [0, 0.05) is 11.0 Å². The molecule has 0 aliphatic carbocycles. The number of ether oxygens (including phenoxy) is 1. The summed E-state index contributed by atoms with van der Waals surface area (Å²) in [6.45, 7) is 1.40. The van der Waals surface area contributed by atoms with Crippen molar-refractivity contribution >= 4 is 44.1 Å². The Kier molecular flexibility index (Phi) is 3.43. The third-order valence-electron chi connectivity index (χ3n) is 4.56. The number of rotatable bonds is 1. The van der Waals surface area contributed by atoms with Gasteiger partial charge in [-0.15, -0.1) is 0 Å². The van der Waals surface area contributed by atoms with Crippen LogP contribution < -0.4 is 10.5 Å². The monoisotopic (exact) mass is 416 g/mol. The molecule has 4 aromatic rings. The minimum absolute atomic E-state index is 0.0569. The summed E-state index contributed by atoms with van der Waals surface area (Å²) in [7, 11) is 0. The standard InChI is InChI=1S/C18H14BrFN4O2/c19-9-7-11-16-13(8-9)25-6-2-1-5-24(16)17(22-11)10-3-4-12-15(14(10)20)23-18(21)26-12/h3-4,7-8H,1-2,5-6H2,(H2,21,23). The molecule has 0 saturated carbocycles. The lowest BCUT2D eigenvalue weighted by Gasteiger charge is -2.16. The van der Waals surface area contributed by atoms with Crippen molar-refractivity contribution in [2.45, 2.75) is 19.4 Å². The predicted molar refractivity (Wildman–Crippen MR) is 99.5 cm³/mol. The molecule has 0 amide bonds. The van der Waals surface area contributed by atoms with Gasteiger partial charge in [0.2, 0.25) is 0 Å². The summed E-state index contributed by atoms with van der Waals surface area (Å²) in [5, 5.41) is 0. The smallest absolute Gasteiger partial charge is 0.293 e. The highest BCUT2D eigenvalue weighted by molar-refractivity contribution is 9.10. The van der Waals surface area contributed by atoms with E-state index in [-0.39, 0.29) is 11.5 Å². The summed E-state index contributed by atoms with van der Waals surface area (Å²) in [6.07, 6.45) is 1.85. The van der Waals surface area contributed by atoms with Crippen LogP contribution in [0.15, 0.2) is 33.2 Å². The van der Waals surface area contributed by atoms with E-state index in [0.717, 1.165) is 40.6 Å².